The number of hydrogen-bond donors (Lipinski definition) is 0. The average molecular weight is 288 g/mol. The lowest BCUT2D eigenvalue weighted by atomic mass is 9.95. The Bertz CT molecular complexity index is 459. The van der Waals surface area contributed by atoms with Crippen LogP contribution in [0.15, 0.2) is 24.3 Å². The van der Waals surface area contributed by atoms with Crippen molar-refractivity contribution in [1.82, 2.24) is 9.80 Å². The summed E-state index contributed by atoms with van der Waals surface area (Å²) in [6.07, 6.45) is 1.10. The molecule has 0 aromatic heterocycles. The predicted molar refractivity (Wildman–Crippen MR) is 87.5 cm³/mol. The van der Waals surface area contributed by atoms with Crippen molar-refractivity contribution < 1.29 is 4.79 Å². The highest BCUT2D eigenvalue weighted by Gasteiger charge is 2.24. The Balaban J connectivity index is 1.98. The zero-order valence-corrected chi connectivity index (χ0v) is 13.8. The first-order valence-electron chi connectivity index (χ1n) is 8.03. The van der Waals surface area contributed by atoms with Gasteiger partial charge < -0.3 is 9.80 Å². The molecular weight excluding hydrogens is 260 g/mol. The lowest BCUT2D eigenvalue weighted by Crippen LogP contribution is -2.48. The summed E-state index contributed by atoms with van der Waals surface area (Å²) in [6, 6.07) is 8.58. The van der Waals surface area contributed by atoms with Gasteiger partial charge in [0.15, 0.2) is 0 Å². The summed E-state index contributed by atoms with van der Waals surface area (Å²) in [5.41, 5.74) is 2.49. The molecular formula is C18H28N2O. The highest BCUT2D eigenvalue weighted by Crippen LogP contribution is 2.20. The van der Waals surface area contributed by atoms with Gasteiger partial charge in [-0.3, -0.25) is 4.79 Å². The second-order valence-electron chi connectivity index (χ2n) is 6.69. The van der Waals surface area contributed by atoms with Crippen LogP contribution in [-0.2, 0) is 11.2 Å². The Morgan fingerprint density at radius 1 is 1.05 bits per heavy atom. The Morgan fingerprint density at radius 3 is 2.14 bits per heavy atom. The van der Waals surface area contributed by atoms with Gasteiger partial charge >= 0.3 is 0 Å². The zero-order valence-electron chi connectivity index (χ0n) is 13.8. The molecule has 1 aliphatic heterocycles. The number of nitrogens with zero attached hydrogens (tertiary/aromatic N) is 2. The van der Waals surface area contributed by atoms with Gasteiger partial charge in [0.2, 0.25) is 5.91 Å². The first kappa shape index (κ1) is 16.0. The minimum atomic E-state index is -0.0403. The van der Waals surface area contributed by atoms with Gasteiger partial charge in [-0.15, -0.1) is 0 Å². The summed E-state index contributed by atoms with van der Waals surface area (Å²) in [7, 11) is 2.11. The van der Waals surface area contributed by atoms with Crippen LogP contribution < -0.4 is 0 Å². The van der Waals surface area contributed by atoms with Crippen LogP contribution in [0, 0.1) is 5.92 Å². The summed E-state index contributed by atoms with van der Waals surface area (Å²) in [5, 5.41) is 0. The summed E-state index contributed by atoms with van der Waals surface area (Å²) >= 11 is 0. The van der Waals surface area contributed by atoms with Crippen molar-refractivity contribution in [3.05, 3.63) is 35.4 Å². The normalized spacial score (nSPS) is 18.0. The van der Waals surface area contributed by atoms with Crippen molar-refractivity contribution in [1.29, 1.82) is 0 Å². The SMILES string of the molecule is CC(C)Cc1ccc(C(C)C(=O)N2CCN(C)CC2)cc1. The molecule has 0 N–H and O–H groups in total. The van der Waals surface area contributed by atoms with Crippen LogP contribution in [0.2, 0.25) is 0 Å². The van der Waals surface area contributed by atoms with Crippen molar-refractivity contribution >= 4 is 5.91 Å². The van der Waals surface area contributed by atoms with Crippen molar-refractivity contribution in [2.75, 3.05) is 33.2 Å². The molecule has 0 spiro atoms. The Labute approximate surface area is 128 Å². The molecule has 0 saturated carbocycles. The summed E-state index contributed by atoms with van der Waals surface area (Å²) < 4.78 is 0. The standard InChI is InChI=1S/C18H28N2O/c1-14(2)13-16-5-7-17(8-6-16)15(3)18(21)20-11-9-19(4)10-12-20/h5-8,14-15H,9-13H2,1-4H3. The van der Waals surface area contributed by atoms with Crippen molar-refractivity contribution in [2.24, 2.45) is 5.92 Å². The minimum absolute atomic E-state index is 0.0403. The Morgan fingerprint density at radius 2 is 1.62 bits per heavy atom. The fourth-order valence-corrected chi connectivity index (χ4v) is 2.86. The van der Waals surface area contributed by atoms with Gasteiger partial charge in [-0.1, -0.05) is 38.1 Å². The first-order valence-corrected chi connectivity index (χ1v) is 8.03. The molecule has 0 bridgehead atoms. The molecule has 2 rings (SSSR count). The average Bonchev–Trinajstić information content (AvgIpc) is 2.47. The molecule has 1 amide bonds. The highest BCUT2D eigenvalue weighted by atomic mass is 16.2. The molecule has 1 heterocycles. The van der Waals surface area contributed by atoms with Gasteiger partial charge in [-0.2, -0.15) is 0 Å². The number of carbonyl (C=O) groups excluding carboxylic acids is 1. The van der Waals surface area contributed by atoms with Gasteiger partial charge in [0.05, 0.1) is 5.92 Å². The van der Waals surface area contributed by atoms with Crippen molar-refractivity contribution in [2.45, 2.75) is 33.1 Å². The molecule has 1 fully saturated rings. The van der Waals surface area contributed by atoms with E-state index in [1.807, 2.05) is 11.8 Å². The number of likely N-dealkylation sites (N-methyl/N-ethyl adjacent to an activating group) is 1. The van der Waals surface area contributed by atoms with Gasteiger partial charge in [0.25, 0.3) is 0 Å². The number of rotatable bonds is 4. The molecule has 1 aromatic rings. The summed E-state index contributed by atoms with van der Waals surface area (Å²) in [4.78, 5) is 16.9. The molecule has 0 radical (unpaired) electrons. The number of amides is 1. The first-order chi connectivity index (χ1) is 9.97. The monoisotopic (exact) mass is 288 g/mol. The van der Waals surface area contributed by atoms with Gasteiger partial charge in [-0.05, 0) is 37.4 Å². The molecule has 1 saturated heterocycles. The van der Waals surface area contributed by atoms with E-state index in [-0.39, 0.29) is 11.8 Å². The molecule has 3 heteroatoms. The molecule has 1 atom stereocenters. The van der Waals surface area contributed by atoms with Gasteiger partial charge in [0.1, 0.15) is 0 Å². The molecule has 0 aliphatic carbocycles. The van der Waals surface area contributed by atoms with Crippen LogP contribution in [0.4, 0.5) is 0 Å². The number of benzene rings is 1. The third-order valence-electron chi connectivity index (χ3n) is 4.31. The smallest absolute Gasteiger partial charge is 0.229 e. The second-order valence-corrected chi connectivity index (χ2v) is 6.69. The van der Waals surface area contributed by atoms with Crippen molar-refractivity contribution in [3.63, 3.8) is 0 Å². The van der Waals surface area contributed by atoms with E-state index in [0.717, 1.165) is 38.2 Å². The van der Waals surface area contributed by atoms with Crippen LogP contribution in [-0.4, -0.2) is 48.9 Å². The largest absolute Gasteiger partial charge is 0.340 e. The molecule has 1 unspecified atom stereocenters. The number of carbonyl (C=O) groups is 1. The van der Waals surface area contributed by atoms with E-state index in [2.05, 4.69) is 50.1 Å². The van der Waals surface area contributed by atoms with Crippen LogP contribution in [0.1, 0.15) is 37.8 Å². The van der Waals surface area contributed by atoms with E-state index >= 15 is 0 Å². The number of hydrogen-bond acceptors (Lipinski definition) is 2. The predicted octanol–water partition coefficient (Wildman–Crippen LogP) is 2.76. The number of piperazine rings is 1. The molecule has 116 valence electrons. The minimum Gasteiger partial charge on any atom is -0.340 e. The summed E-state index contributed by atoms with van der Waals surface area (Å²) in [5.74, 6) is 0.890. The summed E-state index contributed by atoms with van der Waals surface area (Å²) in [6.45, 7) is 10.1. The molecule has 1 aromatic carbocycles. The van der Waals surface area contributed by atoms with E-state index in [1.54, 1.807) is 0 Å². The third kappa shape index (κ3) is 4.31. The molecule has 21 heavy (non-hydrogen) atoms. The van der Waals surface area contributed by atoms with E-state index in [1.165, 1.54) is 5.56 Å². The van der Waals surface area contributed by atoms with E-state index in [9.17, 15) is 4.79 Å². The fourth-order valence-electron chi connectivity index (χ4n) is 2.86. The van der Waals surface area contributed by atoms with E-state index < -0.39 is 0 Å². The maximum Gasteiger partial charge on any atom is 0.229 e. The van der Waals surface area contributed by atoms with Crippen LogP contribution in [0.25, 0.3) is 0 Å². The lowest BCUT2D eigenvalue weighted by molar-refractivity contribution is -0.134. The fraction of sp³-hybridized carbons (Fsp3) is 0.611. The van der Waals surface area contributed by atoms with Gasteiger partial charge in [0, 0.05) is 26.2 Å². The van der Waals surface area contributed by atoms with Crippen molar-refractivity contribution in [3.8, 4) is 0 Å². The molecule has 3 nitrogen and oxygen atoms in total. The Hall–Kier alpha value is -1.35. The zero-order chi connectivity index (χ0) is 15.4. The van der Waals surface area contributed by atoms with E-state index in [0.29, 0.717) is 5.92 Å². The second kappa shape index (κ2) is 7.08. The maximum absolute atomic E-state index is 12.6. The van der Waals surface area contributed by atoms with Gasteiger partial charge in [-0.25, -0.2) is 0 Å². The Kier molecular flexibility index (Phi) is 5.40. The highest BCUT2D eigenvalue weighted by molar-refractivity contribution is 5.83. The quantitative estimate of drug-likeness (QED) is 0.850. The van der Waals surface area contributed by atoms with Crippen LogP contribution in [0.3, 0.4) is 0 Å². The van der Waals surface area contributed by atoms with Crippen LogP contribution >= 0.6 is 0 Å². The topological polar surface area (TPSA) is 23.6 Å². The maximum atomic E-state index is 12.6. The molecule has 1 aliphatic rings. The lowest BCUT2D eigenvalue weighted by Gasteiger charge is -2.34. The third-order valence-corrected chi connectivity index (χ3v) is 4.31. The van der Waals surface area contributed by atoms with Crippen LogP contribution in [0.5, 0.6) is 0 Å². The van der Waals surface area contributed by atoms with E-state index in [4.69, 9.17) is 0 Å².